The molecule has 0 spiro atoms. The molecule has 0 atom stereocenters. The Labute approximate surface area is 259 Å². The number of phenolic OH excluding ortho intramolecular Hbond substituents is 2. The number of hydrogen-bond acceptors (Lipinski definition) is 6. The quantitative estimate of drug-likeness (QED) is 0.172. The first kappa shape index (κ1) is 37.9. The minimum atomic E-state index is -4.76. The van der Waals surface area contributed by atoms with Gasteiger partial charge in [-0.2, -0.15) is 13.2 Å². The molecular weight excluding hydrogens is 571 g/mol. The highest BCUT2D eigenvalue weighted by molar-refractivity contribution is 6.00. The lowest BCUT2D eigenvalue weighted by Crippen LogP contribution is -2.35. The molecule has 0 aromatic heterocycles. The third kappa shape index (κ3) is 11.9. The second kappa shape index (κ2) is 17.9. The van der Waals surface area contributed by atoms with Crippen LogP contribution >= 0.6 is 0 Å². The zero-order chi connectivity index (χ0) is 33.6. The van der Waals surface area contributed by atoms with Crippen LogP contribution in [0.4, 0.5) is 35.9 Å². The van der Waals surface area contributed by atoms with E-state index >= 15 is 0 Å². The Morgan fingerprint density at radius 1 is 0.909 bits per heavy atom. The monoisotopic (exact) mass is 617 g/mol. The van der Waals surface area contributed by atoms with E-state index in [1.165, 1.54) is 48.1 Å². The van der Waals surface area contributed by atoms with Crippen LogP contribution in [0.2, 0.25) is 0 Å². The number of hydrogen-bond donors (Lipinski definition) is 2. The van der Waals surface area contributed by atoms with Crippen LogP contribution in [0.1, 0.15) is 79.7 Å². The maximum atomic E-state index is 13.9. The van der Waals surface area contributed by atoms with Gasteiger partial charge in [0.25, 0.3) is 0 Å². The summed E-state index contributed by atoms with van der Waals surface area (Å²) in [4.78, 5) is 26.6. The first-order valence-electron chi connectivity index (χ1n) is 14.7. The summed E-state index contributed by atoms with van der Waals surface area (Å²) in [6, 6.07) is 6.26. The molecule has 0 saturated heterocycles. The van der Waals surface area contributed by atoms with Gasteiger partial charge in [0.1, 0.15) is 23.7 Å². The average molecular weight is 618 g/mol. The van der Waals surface area contributed by atoms with Gasteiger partial charge >= 0.3 is 6.18 Å². The maximum Gasteiger partial charge on any atom is 0.406 e. The topological polar surface area (TPSA) is 93.4 Å². The summed E-state index contributed by atoms with van der Waals surface area (Å²) in [5.41, 5.74) is 2.57. The number of carbonyl (C=O) groups is 1. The normalized spacial score (nSPS) is 11.8. The molecule has 2 N–H and O–H groups in total. The van der Waals surface area contributed by atoms with Crippen molar-refractivity contribution in [1.29, 1.82) is 0 Å². The Morgan fingerprint density at radius 3 is 2.02 bits per heavy atom. The highest BCUT2D eigenvalue weighted by Crippen LogP contribution is 2.48. The second-order valence-corrected chi connectivity index (χ2v) is 10.7. The van der Waals surface area contributed by atoms with E-state index in [-0.39, 0.29) is 23.6 Å². The van der Waals surface area contributed by atoms with Gasteiger partial charge in [0, 0.05) is 25.6 Å². The molecule has 0 aliphatic rings. The molecule has 0 heterocycles. The Morgan fingerprint density at radius 2 is 1.50 bits per heavy atom. The molecule has 2 aromatic rings. The molecule has 0 aliphatic heterocycles. The van der Waals surface area contributed by atoms with E-state index < -0.39 is 35.8 Å². The summed E-state index contributed by atoms with van der Waals surface area (Å²) in [5.74, 6) is -1.44. The molecule has 44 heavy (non-hydrogen) atoms. The maximum absolute atomic E-state index is 13.9. The Bertz CT molecular complexity index is 1340. The standard InChI is InChI=1S/C32H40F3N3O4.C2H6/c1-21(2)10-7-11-22(3)12-8-13-23(4)16-17-37(25(6)39)28-19-26(40)18-27(36-42)31(28)38(20-32(33,34)35)30-24(5)14-9-15-29(30)41;1-2/h9-10,12,14-16,18-19,40-41H,7-8,11,13,17,20H2,1-6H3;1-2H3/b22-12+,23-16+;. The highest BCUT2D eigenvalue weighted by Gasteiger charge is 2.36. The number of aromatic hydroxyl groups is 2. The number of alkyl halides is 3. The van der Waals surface area contributed by atoms with Crippen molar-refractivity contribution in [3.8, 4) is 11.5 Å². The lowest BCUT2D eigenvalue weighted by molar-refractivity contribution is -0.118. The molecule has 0 radical (unpaired) electrons. The summed E-state index contributed by atoms with van der Waals surface area (Å²) in [7, 11) is 0. The van der Waals surface area contributed by atoms with E-state index in [1.807, 2.05) is 20.8 Å². The summed E-state index contributed by atoms with van der Waals surface area (Å²) < 4.78 is 41.7. The fourth-order valence-corrected chi connectivity index (χ4v) is 4.57. The number of phenols is 2. The lowest BCUT2D eigenvalue weighted by atomic mass is 10.1. The minimum absolute atomic E-state index is 0.0290. The summed E-state index contributed by atoms with van der Waals surface area (Å²) in [6.45, 7) is 13.2. The highest BCUT2D eigenvalue weighted by atomic mass is 19.4. The third-order valence-electron chi connectivity index (χ3n) is 6.66. The molecular formula is C34H46F3N3O4. The summed E-state index contributed by atoms with van der Waals surface area (Å²) >= 11 is 0. The third-order valence-corrected chi connectivity index (χ3v) is 6.66. The molecule has 0 unspecified atom stereocenters. The number of nitrogens with zero attached hydrogens (tertiary/aromatic N) is 3. The van der Waals surface area contributed by atoms with Crippen molar-refractivity contribution >= 4 is 28.7 Å². The predicted molar refractivity (Wildman–Crippen MR) is 174 cm³/mol. The number of halogens is 3. The molecule has 0 aliphatic carbocycles. The number of benzene rings is 2. The van der Waals surface area contributed by atoms with Crippen LogP contribution in [0, 0.1) is 11.8 Å². The fourth-order valence-electron chi connectivity index (χ4n) is 4.57. The molecule has 2 aromatic carbocycles. The van der Waals surface area contributed by atoms with Crippen molar-refractivity contribution in [2.24, 2.45) is 5.18 Å². The molecule has 10 heteroatoms. The fraction of sp³-hybridized carbons (Fsp3) is 0.441. The van der Waals surface area contributed by atoms with Gasteiger partial charge in [-0.25, -0.2) is 0 Å². The summed E-state index contributed by atoms with van der Waals surface area (Å²) in [6.07, 6.45) is 4.80. The van der Waals surface area contributed by atoms with Gasteiger partial charge in [-0.1, -0.05) is 60.9 Å². The van der Waals surface area contributed by atoms with Gasteiger partial charge in [-0.3, -0.25) is 4.79 Å². The van der Waals surface area contributed by atoms with Gasteiger partial charge in [0.15, 0.2) is 0 Å². The Balaban J connectivity index is 0.00000474. The second-order valence-electron chi connectivity index (χ2n) is 10.7. The molecule has 2 rings (SSSR count). The smallest absolute Gasteiger partial charge is 0.406 e. The molecule has 0 saturated carbocycles. The number of allylic oxidation sites excluding steroid dienone is 5. The van der Waals surface area contributed by atoms with Crippen LogP contribution in [0.5, 0.6) is 11.5 Å². The number of para-hydroxylation sites is 1. The van der Waals surface area contributed by atoms with Crippen molar-refractivity contribution in [2.75, 3.05) is 22.9 Å². The first-order valence-corrected chi connectivity index (χ1v) is 14.7. The molecule has 242 valence electrons. The van der Waals surface area contributed by atoms with Crippen molar-refractivity contribution in [3.63, 3.8) is 0 Å². The molecule has 1 amide bonds. The van der Waals surface area contributed by atoms with Gasteiger partial charge < -0.3 is 20.0 Å². The zero-order valence-electron chi connectivity index (χ0n) is 27.0. The van der Waals surface area contributed by atoms with Crippen LogP contribution in [-0.4, -0.2) is 35.4 Å². The van der Waals surface area contributed by atoms with E-state index in [1.54, 1.807) is 6.08 Å². The molecule has 0 bridgehead atoms. The molecule has 0 fully saturated rings. The minimum Gasteiger partial charge on any atom is -0.508 e. The van der Waals surface area contributed by atoms with Crippen molar-refractivity contribution in [1.82, 2.24) is 0 Å². The van der Waals surface area contributed by atoms with Crippen LogP contribution < -0.4 is 9.80 Å². The number of anilines is 3. The van der Waals surface area contributed by atoms with Crippen LogP contribution in [-0.2, 0) is 4.79 Å². The largest absolute Gasteiger partial charge is 0.508 e. The van der Waals surface area contributed by atoms with Gasteiger partial charge in [-0.05, 0) is 77.1 Å². The number of rotatable bonds is 13. The number of aryl methyl sites for hydroxylation is 1. The zero-order valence-corrected chi connectivity index (χ0v) is 27.0. The van der Waals surface area contributed by atoms with Crippen molar-refractivity contribution < 1.29 is 28.2 Å². The van der Waals surface area contributed by atoms with E-state index in [0.29, 0.717) is 16.9 Å². The van der Waals surface area contributed by atoms with E-state index in [2.05, 4.69) is 38.1 Å². The lowest BCUT2D eigenvalue weighted by Gasteiger charge is -2.33. The van der Waals surface area contributed by atoms with Crippen LogP contribution in [0.25, 0.3) is 0 Å². The summed E-state index contributed by atoms with van der Waals surface area (Å²) in [5, 5.41) is 23.8. The van der Waals surface area contributed by atoms with E-state index in [0.717, 1.165) is 37.0 Å². The van der Waals surface area contributed by atoms with Crippen molar-refractivity contribution in [2.45, 2.75) is 87.2 Å². The van der Waals surface area contributed by atoms with E-state index in [9.17, 15) is 33.1 Å². The van der Waals surface area contributed by atoms with Crippen LogP contribution in [0.3, 0.4) is 0 Å². The Hall–Kier alpha value is -4.08. The molecule has 7 nitrogen and oxygen atoms in total. The van der Waals surface area contributed by atoms with Crippen LogP contribution in [0.15, 0.2) is 70.5 Å². The predicted octanol–water partition coefficient (Wildman–Crippen LogP) is 10.3. The van der Waals surface area contributed by atoms with Gasteiger partial charge in [0.05, 0.1) is 17.1 Å². The van der Waals surface area contributed by atoms with E-state index in [4.69, 9.17) is 0 Å². The number of nitroso groups, excluding NO2 is 1. The van der Waals surface area contributed by atoms with Gasteiger partial charge in [-0.15, -0.1) is 4.91 Å². The Kier molecular flexibility index (Phi) is 15.4. The van der Waals surface area contributed by atoms with Crippen molar-refractivity contribution in [3.05, 3.63) is 75.7 Å². The average Bonchev–Trinajstić information content (AvgIpc) is 2.92. The SMILES string of the molecule is CC.CC(=O)N(C/C=C(\C)CC/C=C(\C)CCC=C(C)C)c1cc(O)cc(N=O)c1N(CC(F)(F)F)c1c(C)cccc1O. The number of carbonyl (C=O) groups excluding carboxylic acids is 1. The first-order chi connectivity index (χ1) is 20.6. The number of amides is 1. The van der Waals surface area contributed by atoms with Gasteiger partial charge in [0.2, 0.25) is 5.91 Å².